The van der Waals surface area contributed by atoms with Gasteiger partial charge in [-0.15, -0.1) is 0 Å². The van der Waals surface area contributed by atoms with Crippen LogP contribution in [0.2, 0.25) is 0 Å². The fourth-order valence-corrected chi connectivity index (χ4v) is 4.94. The van der Waals surface area contributed by atoms with Gasteiger partial charge in [-0.2, -0.15) is 0 Å². The smallest absolute Gasteiger partial charge is 0.261 e. The van der Waals surface area contributed by atoms with Crippen molar-refractivity contribution in [1.29, 1.82) is 0 Å². The molecule has 3 aromatic rings. The van der Waals surface area contributed by atoms with Gasteiger partial charge in [0, 0.05) is 25.7 Å². The molecule has 1 atom stereocenters. The Kier molecular flexibility index (Phi) is 6.02. The third kappa shape index (κ3) is 4.75. The Morgan fingerprint density at radius 1 is 1.23 bits per heavy atom. The normalized spacial score (nSPS) is 17.0. The summed E-state index contributed by atoms with van der Waals surface area (Å²) in [7, 11) is -3.66. The van der Waals surface area contributed by atoms with Crippen molar-refractivity contribution in [2.24, 2.45) is 5.73 Å². The summed E-state index contributed by atoms with van der Waals surface area (Å²) < 4.78 is 30.4. The molecule has 0 aliphatic carbocycles. The maximum atomic E-state index is 12.8. The van der Waals surface area contributed by atoms with Gasteiger partial charge in [-0.1, -0.05) is 29.8 Å². The van der Waals surface area contributed by atoms with Crippen molar-refractivity contribution >= 4 is 32.7 Å². The van der Waals surface area contributed by atoms with E-state index in [4.69, 9.17) is 10.7 Å². The van der Waals surface area contributed by atoms with E-state index in [0.29, 0.717) is 12.2 Å². The topological polar surface area (TPSA) is 93.2 Å². The molecule has 31 heavy (non-hydrogen) atoms. The van der Waals surface area contributed by atoms with E-state index in [1.165, 1.54) is 5.57 Å². The lowest BCUT2D eigenvalue weighted by Crippen LogP contribution is -2.43. The maximum absolute atomic E-state index is 12.8. The molecule has 0 radical (unpaired) electrons. The molecule has 1 aliphatic heterocycles. The largest absolute Gasteiger partial charge is 0.341 e. The molecule has 1 fully saturated rings. The molecule has 1 saturated heterocycles. The minimum absolute atomic E-state index is 0.138. The Balaban J connectivity index is 1.74. The molecule has 2 heterocycles. The molecule has 0 unspecified atom stereocenters. The molecule has 0 spiro atoms. The second-order valence-corrected chi connectivity index (χ2v) is 9.96. The average Bonchev–Trinajstić information content (AvgIpc) is 3.10. The summed E-state index contributed by atoms with van der Waals surface area (Å²) in [5.74, 6) is 0.880. The Bertz CT molecular complexity index is 1200. The van der Waals surface area contributed by atoms with Crippen molar-refractivity contribution in [2.75, 3.05) is 22.7 Å². The molecule has 2 aromatic carbocycles. The van der Waals surface area contributed by atoms with Gasteiger partial charge < -0.3 is 15.2 Å². The average molecular weight is 440 g/mol. The number of nitrogens with two attached hydrogens (primary N) is 1. The Labute approximate surface area is 183 Å². The lowest BCUT2D eigenvalue weighted by Gasteiger charge is -2.31. The van der Waals surface area contributed by atoms with E-state index in [1.54, 1.807) is 36.4 Å². The lowest BCUT2D eigenvalue weighted by molar-refractivity contribution is 0.495. The van der Waals surface area contributed by atoms with Crippen molar-refractivity contribution in [3.05, 3.63) is 60.2 Å². The first-order valence-electron chi connectivity index (χ1n) is 10.6. The number of aromatic nitrogens is 2. The van der Waals surface area contributed by atoms with E-state index in [-0.39, 0.29) is 10.9 Å². The Morgan fingerprint density at radius 3 is 2.71 bits per heavy atom. The van der Waals surface area contributed by atoms with Crippen LogP contribution in [0.15, 0.2) is 65.1 Å². The van der Waals surface area contributed by atoms with Gasteiger partial charge in [0.2, 0.25) is 5.95 Å². The minimum Gasteiger partial charge on any atom is -0.341 e. The zero-order valence-corrected chi connectivity index (χ0v) is 18.8. The molecule has 4 rings (SSSR count). The van der Waals surface area contributed by atoms with E-state index < -0.39 is 10.0 Å². The first-order chi connectivity index (χ1) is 14.8. The monoisotopic (exact) mass is 439 g/mol. The number of hydrogen-bond donors (Lipinski definition) is 2. The van der Waals surface area contributed by atoms with Crippen LogP contribution in [-0.2, 0) is 16.6 Å². The van der Waals surface area contributed by atoms with Crippen molar-refractivity contribution in [1.82, 2.24) is 9.55 Å². The number of piperidine rings is 1. The molecular weight excluding hydrogens is 410 g/mol. The lowest BCUT2D eigenvalue weighted by atomic mass is 10.1. The summed E-state index contributed by atoms with van der Waals surface area (Å²) in [5.41, 5.74) is 9.65. The number of imidazole rings is 1. The van der Waals surface area contributed by atoms with Crippen LogP contribution in [0, 0.1) is 0 Å². The van der Waals surface area contributed by atoms with E-state index >= 15 is 0 Å². The fourth-order valence-electron chi connectivity index (χ4n) is 3.87. The molecule has 0 amide bonds. The summed E-state index contributed by atoms with van der Waals surface area (Å²) in [6, 6.07) is 14.0. The number of fused-ring (bicyclic) bond motifs is 1. The van der Waals surface area contributed by atoms with Gasteiger partial charge >= 0.3 is 0 Å². The number of rotatable bonds is 6. The van der Waals surface area contributed by atoms with E-state index in [1.807, 2.05) is 12.1 Å². The van der Waals surface area contributed by atoms with Crippen molar-refractivity contribution in [3.8, 4) is 0 Å². The zero-order chi connectivity index (χ0) is 22.0. The third-order valence-electron chi connectivity index (χ3n) is 5.46. The predicted octanol–water partition coefficient (Wildman–Crippen LogP) is 3.73. The molecular formula is C23H29N5O2S. The number of nitrogens with one attached hydrogen (secondary N) is 1. The van der Waals surface area contributed by atoms with Gasteiger partial charge in [0.05, 0.1) is 21.6 Å². The van der Waals surface area contributed by atoms with Crippen LogP contribution < -0.4 is 15.4 Å². The molecule has 0 saturated carbocycles. The van der Waals surface area contributed by atoms with Gasteiger partial charge in [0.15, 0.2) is 0 Å². The predicted molar refractivity (Wildman–Crippen MR) is 126 cm³/mol. The minimum atomic E-state index is -3.66. The van der Waals surface area contributed by atoms with Gasteiger partial charge in [-0.25, -0.2) is 13.4 Å². The third-order valence-corrected chi connectivity index (χ3v) is 6.85. The van der Waals surface area contributed by atoms with Crippen molar-refractivity contribution < 1.29 is 8.42 Å². The molecule has 1 aromatic heterocycles. The van der Waals surface area contributed by atoms with Crippen LogP contribution >= 0.6 is 0 Å². The van der Waals surface area contributed by atoms with E-state index in [0.717, 1.165) is 42.9 Å². The highest BCUT2D eigenvalue weighted by molar-refractivity contribution is 7.92. The molecule has 164 valence electrons. The van der Waals surface area contributed by atoms with Gasteiger partial charge in [-0.05, 0) is 57.0 Å². The number of allylic oxidation sites excluding steroid dienone is 2. The van der Waals surface area contributed by atoms with Crippen LogP contribution in [0.4, 0.5) is 11.6 Å². The van der Waals surface area contributed by atoms with Crippen LogP contribution in [0.5, 0.6) is 0 Å². The number of nitrogens with zero attached hydrogens (tertiary/aromatic N) is 3. The van der Waals surface area contributed by atoms with Gasteiger partial charge in [0.1, 0.15) is 0 Å². The number of benzene rings is 2. The highest BCUT2D eigenvalue weighted by atomic mass is 32.2. The van der Waals surface area contributed by atoms with Gasteiger partial charge in [-0.3, -0.25) is 4.72 Å². The summed E-state index contributed by atoms with van der Waals surface area (Å²) >= 11 is 0. The second-order valence-electron chi connectivity index (χ2n) is 8.27. The van der Waals surface area contributed by atoms with Gasteiger partial charge in [0.25, 0.3) is 10.0 Å². The number of sulfonamides is 1. The SMILES string of the molecule is CC(C)=CCn1c(N2CCC[C@@H](N)C2)nc2ccc(NS(=O)(=O)c3ccccc3)cc21. The summed E-state index contributed by atoms with van der Waals surface area (Å²) in [5, 5.41) is 0. The first-order valence-corrected chi connectivity index (χ1v) is 12.0. The summed E-state index contributed by atoms with van der Waals surface area (Å²) in [4.78, 5) is 7.34. The molecule has 0 bridgehead atoms. The van der Waals surface area contributed by atoms with E-state index in [2.05, 4.69) is 34.1 Å². The van der Waals surface area contributed by atoms with Crippen LogP contribution in [0.3, 0.4) is 0 Å². The molecule has 8 heteroatoms. The fraction of sp³-hybridized carbons (Fsp3) is 0.348. The highest BCUT2D eigenvalue weighted by Crippen LogP contribution is 2.28. The standard InChI is InChI=1S/C23H29N5O2S/c1-17(2)12-14-28-22-15-19(26-31(29,30)20-8-4-3-5-9-20)10-11-21(22)25-23(28)27-13-6-7-18(24)16-27/h3-5,8-12,15,18,26H,6-7,13-14,16,24H2,1-2H3/t18-/m1/s1. The molecule has 1 aliphatic rings. The molecule has 3 N–H and O–H groups in total. The zero-order valence-electron chi connectivity index (χ0n) is 18.0. The van der Waals surface area contributed by atoms with Crippen molar-refractivity contribution in [3.63, 3.8) is 0 Å². The Hall–Kier alpha value is -2.84. The first kappa shape index (κ1) is 21.4. The second kappa shape index (κ2) is 8.72. The molecule has 7 nitrogen and oxygen atoms in total. The highest BCUT2D eigenvalue weighted by Gasteiger charge is 2.23. The van der Waals surface area contributed by atoms with Crippen molar-refractivity contribution in [2.45, 2.75) is 44.2 Å². The Morgan fingerprint density at radius 2 is 2.00 bits per heavy atom. The summed E-state index contributed by atoms with van der Waals surface area (Å²) in [6.07, 6.45) is 4.21. The maximum Gasteiger partial charge on any atom is 0.261 e. The van der Waals surface area contributed by atoms with Crippen LogP contribution in [-0.4, -0.2) is 37.1 Å². The quantitative estimate of drug-likeness (QED) is 0.571. The number of anilines is 2. The summed E-state index contributed by atoms with van der Waals surface area (Å²) in [6.45, 7) is 6.48. The number of hydrogen-bond acceptors (Lipinski definition) is 5. The van der Waals surface area contributed by atoms with E-state index in [9.17, 15) is 8.42 Å². The van der Waals surface area contributed by atoms with Crippen LogP contribution in [0.25, 0.3) is 11.0 Å². The van der Waals surface area contributed by atoms with Crippen LogP contribution in [0.1, 0.15) is 26.7 Å².